The number of ether oxygens (including phenoxy) is 1. The molecule has 1 amide bonds. The van der Waals surface area contributed by atoms with E-state index in [0.717, 1.165) is 15.7 Å². The Balaban J connectivity index is 2.17. The zero-order valence-corrected chi connectivity index (χ0v) is 14.3. The lowest BCUT2D eigenvalue weighted by Crippen LogP contribution is -2.20. The summed E-state index contributed by atoms with van der Waals surface area (Å²) < 4.78 is 6.00. The van der Waals surface area contributed by atoms with Gasteiger partial charge in [0.15, 0.2) is 0 Å². The van der Waals surface area contributed by atoms with Gasteiger partial charge in [0.05, 0.1) is 18.4 Å². The summed E-state index contributed by atoms with van der Waals surface area (Å²) in [5.41, 5.74) is 5.87. The van der Waals surface area contributed by atoms with Crippen LogP contribution in [-0.4, -0.2) is 18.7 Å². The second-order valence-corrected chi connectivity index (χ2v) is 5.76. The molecule has 0 saturated carbocycles. The van der Waals surface area contributed by atoms with Crippen LogP contribution in [0.15, 0.2) is 52.0 Å². The van der Waals surface area contributed by atoms with Crippen LogP contribution in [0, 0.1) is 6.92 Å². The zero-order valence-electron chi connectivity index (χ0n) is 12.7. The second kappa shape index (κ2) is 7.22. The predicted octanol–water partition coefficient (Wildman–Crippen LogP) is 3.92. The molecule has 22 heavy (non-hydrogen) atoms. The van der Waals surface area contributed by atoms with Gasteiger partial charge >= 0.3 is 0 Å². The van der Waals surface area contributed by atoms with Crippen LogP contribution in [0.2, 0.25) is 0 Å². The van der Waals surface area contributed by atoms with Gasteiger partial charge in [-0.15, -0.1) is 0 Å². The summed E-state index contributed by atoms with van der Waals surface area (Å²) in [5, 5.41) is 4.15. The van der Waals surface area contributed by atoms with Crippen molar-refractivity contribution in [2.45, 2.75) is 13.8 Å². The molecule has 1 N–H and O–H groups in total. The van der Waals surface area contributed by atoms with Crippen LogP contribution >= 0.6 is 15.9 Å². The highest BCUT2D eigenvalue weighted by molar-refractivity contribution is 9.10. The number of benzene rings is 2. The molecule has 0 aromatic heterocycles. The van der Waals surface area contributed by atoms with Crippen molar-refractivity contribution in [2.75, 3.05) is 7.11 Å². The zero-order chi connectivity index (χ0) is 16.1. The van der Waals surface area contributed by atoms with E-state index < -0.39 is 0 Å². The smallest absolute Gasteiger partial charge is 0.275 e. The van der Waals surface area contributed by atoms with E-state index in [1.54, 1.807) is 12.1 Å². The van der Waals surface area contributed by atoms with Crippen LogP contribution in [0.5, 0.6) is 5.75 Å². The lowest BCUT2D eigenvalue weighted by molar-refractivity contribution is 0.0951. The van der Waals surface area contributed by atoms with E-state index in [1.807, 2.05) is 44.2 Å². The maximum Gasteiger partial charge on any atom is 0.275 e. The Morgan fingerprint density at radius 1 is 1.18 bits per heavy atom. The first-order valence-electron chi connectivity index (χ1n) is 6.76. The lowest BCUT2D eigenvalue weighted by atomic mass is 10.1. The molecular formula is C17H17BrN2O2. The van der Waals surface area contributed by atoms with Crippen molar-refractivity contribution in [3.8, 4) is 5.75 Å². The molecule has 4 nitrogen and oxygen atoms in total. The third-order valence-electron chi connectivity index (χ3n) is 3.20. The van der Waals surface area contributed by atoms with Crippen LogP contribution in [0.25, 0.3) is 0 Å². The largest absolute Gasteiger partial charge is 0.496 e. The summed E-state index contributed by atoms with van der Waals surface area (Å²) in [7, 11) is 1.53. The van der Waals surface area contributed by atoms with Gasteiger partial charge in [-0.1, -0.05) is 45.8 Å². The van der Waals surface area contributed by atoms with Crippen molar-refractivity contribution in [1.29, 1.82) is 0 Å². The lowest BCUT2D eigenvalue weighted by Gasteiger charge is -2.08. The molecule has 0 bridgehead atoms. The maximum absolute atomic E-state index is 12.2. The van der Waals surface area contributed by atoms with Crippen LogP contribution in [0.1, 0.15) is 28.4 Å². The van der Waals surface area contributed by atoms with Crippen LogP contribution in [-0.2, 0) is 0 Å². The van der Waals surface area contributed by atoms with Gasteiger partial charge in [0.1, 0.15) is 5.75 Å². The fraction of sp³-hybridized carbons (Fsp3) is 0.176. The van der Waals surface area contributed by atoms with E-state index >= 15 is 0 Å². The molecule has 0 radical (unpaired) electrons. The van der Waals surface area contributed by atoms with Gasteiger partial charge in [0.25, 0.3) is 5.91 Å². The normalized spacial score (nSPS) is 11.2. The number of aryl methyl sites for hydroxylation is 1. The van der Waals surface area contributed by atoms with Gasteiger partial charge in [-0.3, -0.25) is 4.79 Å². The maximum atomic E-state index is 12.2. The SMILES string of the molecule is COc1ccc(Br)cc1C(=O)N/N=C(\C)c1ccc(C)cc1. The summed E-state index contributed by atoms with van der Waals surface area (Å²) in [4.78, 5) is 12.2. The fourth-order valence-electron chi connectivity index (χ4n) is 1.91. The first-order valence-corrected chi connectivity index (χ1v) is 7.56. The van der Waals surface area contributed by atoms with Crippen molar-refractivity contribution < 1.29 is 9.53 Å². The number of amides is 1. The Morgan fingerprint density at radius 3 is 2.50 bits per heavy atom. The standard InChI is InChI=1S/C17H17BrN2O2/c1-11-4-6-13(7-5-11)12(2)19-20-17(21)15-10-14(18)8-9-16(15)22-3/h4-10H,1-3H3,(H,20,21)/b19-12+. The van der Waals surface area contributed by atoms with Gasteiger partial charge in [-0.25, -0.2) is 5.43 Å². The quantitative estimate of drug-likeness (QED) is 0.663. The van der Waals surface area contributed by atoms with E-state index in [2.05, 4.69) is 26.5 Å². The molecule has 114 valence electrons. The first kappa shape index (κ1) is 16.2. The highest BCUT2D eigenvalue weighted by Gasteiger charge is 2.12. The average molecular weight is 361 g/mol. The molecule has 0 unspecified atom stereocenters. The molecule has 0 aliphatic rings. The molecule has 2 aromatic carbocycles. The van der Waals surface area contributed by atoms with Crippen molar-refractivity contribution in [2.24, 2.45) is 5.10 Å². The molecule has 0 saturated heterocycles. The number of hydrogen-bond acceptors (Lipinski definition) is 3. The highest BCUT2D eigenvalue weighted by Crippen LogP contribution is 2.22. The molecule has 0 heterocycles. The van der Waals surface area contributed by atoms with Crippen LogP contribution in [0.4, 0.5) is 0 Å². The van der Waals surface area contributed by atoms with Crippen molar-refractivity contribution in [3.05, 3.63) is 63.6 Å². The van der Waals surface area contributed by atoms with Crippen LogP contribution < -0.4 is 10.2 Å². The fourth-order valence-corrected chi connectivity index (χ4v) is 2.27. The first-order chi connectivity index (χ1) is 10.5. The highest BCUT2D eigenvalue weighted by atomic mass is 79.9. The number of hydrogen-bond donors (Lipinski definition) is 1. The third-order valence-corrected chi connectivity index (χ3v) is 3.69. The van der Waals surface area contributed by atoms with Crippen molar-refractivity contribution in [1.82, 2.24) is 5.43 Å². The number of methoxy groups -OCH3 is 1. The summed E-state index contributed by atoms with van der Waals surface area (Å²) in [6.45, 7) is 3.88. The summed E-state index contributed by atoms with van der Waals surface area (Å²) >= 11 is 3.35. The van der Waals surface area contributed by atoms with Gasteiger partial charge in [0, 0.05) is 4.47 Å². The van der Waals surface area contributed by atoms with Gasteiger partial charge in [0.2, 0.25) is 0 Å². The number of nitrogens with zero attached hydrogens (tertiary/aromatic N) is 1. The molecule has 0 fully saturated rings. The minimum atomic E-state index is -0.315. The Kier molecular flexibility index (Phi) is 5.33. The van der Waals surface area contributed by atoms with Gasteiger partial charge < -0.3 is 4.74 Å². The topological polar surface area (TPSA) is 50.7 Å². The second-order valence-electron chi connectivity index (χ2n) is 4.85. The molecule has 0 aliphatic carbocycles. The molecule has 2 aromatic rings. The summed E-state index contributed by atoms with van der Waals surface area (Å²) in [6, 6.07) is 13.2. The Morgan fingerprint density at radius 2 is 1.86 bits per heavy atom. The van der Waals surface area contributed by atoms with Crippen molar-refractivity contribution in [3.63, 3.8) is 0 Å². The van der Waals surface area contributed by atoms with E-state index in [0.29, 0.717) is 11.3 Å². The Hall–Kier alpha value is -2.14. The van der Waals surface area contributed by atoms with E-state index in [-0.39, 0.29) is 5.91 Å². The third kappa shape index (κ3) is 3.95. The molecule has 0 spiro atoms. The molecule has 0 aliphatic heterocycles. The molecule has 0 atom stereocenters. The van der Waals surface area contributed by atoms with Crippen molar-refractivity contribution >= 4 is 27.5 Å². The van der Waals surface area contributed by atoms with Crippen LogP contribution in [0.3, 0.4) is 0 Å². The van der Waals surface area contributed by atoms with E-state index in [9.17, 15) is 4.79 Å². The predicted molar refractivity (Wildman–Crippen MR) is 91.6 cm³/mol. The Labute approximate surface area is 138 Å². The minimum absolute atomic E-state index is 0.315. The van der Waals surface area contributed by atoms with Gasteiger partial charge in [-0.2, -0.15) is 5.10 Å². The number of rotatable bonds is 4. The average Bonchev–Trinajstić information content (AvgIpc) is 2.53. The minimum Gasteiger partial charge on any atom is -0.496 e. The number of carbonyl (C=O) groups is 1. The van der Waals surface area contributed by atoms with Gasteiger partial charge in [-0.05, 0) is 37.6 Å². The van der Waals surface area contributed by atoms with E-state index in [1.165, 1.54) is 12.7 Å². The summed E-state index contributed by atoms with van der Waals surface area (Å²) in [6.07, 6.45) is 0. The number of hydrazone groups is 1. The molecule has 2 rings (SSSR count). The number of halogens is 1. The number of carbonyl (C=O) groups excluding carboxylic acids is 1. The molecule has 5 heteroatoms. The summed E-state index contributed by atoms with van der Waals surface area (Å²) in [5.74, 6) is 0.188. The number of nitrogens with one attached hydrogen (secondary N) is 1. The molecular weight excluding hydrogens is 344 g/mol. The monoisotopic (exact) mass is 360 g/mol. The van der Waals surface area contributed by atoms with E-state index in [4.69, 9.17) is 4.74 Å². The Bertz CT molecular complexity index is 709.